The van der Waals surface area contributed by atoms with Gasteiger partial charge in [0.15, 0.2) is 0 Å². The fourth-order valence-corrected chi connectivity index (χ4v) is 3.65. The molecule has 3 rings (SSSR count). The highest BCUT2D eigenvalue weighted by atomic mass is 14.9. The summed E-state index contributed by atoms with van der Waals surface area (Å²) in [6.45, 7) is 1.96. The van der Waals surface area contributed by atoms with Crippen molar-refractivity contribution in [3.63, 3.8) is 0 Å². The maximum absolute atomic E-state index is 10.2. The lowest BCUT2D eigenvalue weighted by molar-refractivity contribution is 0.364. The van der Waals surface area contributed by atoms with E-state index < -0.39 is 5.41 Å². The van der Waals surface area contributed by atoms with Crippen LogP contribution >= 0.6 is 0 Å². The Labute approximate surface area is 132 Å². The van der Waals surface area contributed by atoms with Crippen LogP contribution in [0, 0.1) is 17.2 Å². The first-order valence-corrected chi connectivity index (χ1v) is 8.11. The fraction of sp³-hybridized carbons (Fsp3) is 0.350. The minimum atomic E-state index is -0.570. The summed E-state index contributed by atoms with van der Waals surface area (Å²) in [5.41, 5.74) is 1.65. The maximum Gasteiger partial charge on any atom is 0.111 e. The van der Waals surface area contributed by atoms with E-state index in [1.807, 2.05) is 36.4 Å². The lowest BCUT2D eigenvalue weighted by atomic mass is 9.65. The van der Waals surface area contributed by atoms with Gasteiger partial charge in [-0.1, -0.05) is 67.1 Å². The van der Waals surface area contributed by atoms with Crippen molar-refractivity contribution in [2.75, 3.05) is 13.1 Å². The summed E-state index contributed by atoms with van der Waals surface area (Å²) in [4.78, 5) is 0. The molecule has 0 radical (unpaired) electrons. The van der Waals surface area contributed by atoms with E-state index in [4.69, 9.17) is 0 Å². The zero-order valence-electron chi connectivity index (χ0n) is 12.8. The lowest BCUT2D eigenvalue weighted by Gasteiger charge is -2.35. The number of nitrogens with zero attached hydrogens (tertiary/aromatic N) is 1. The van der Waals surface area contributed by atoms with Crippen molar-refractivity contribution in [3.05, 3.63) is 71.8 Å². The number of hydrogen-bond acceptors (Lipinski definition) is 2. The van der Waals surface area contributed by atoms with Crippen LogP contribution in [0.3, 0.4) is 0 Å². The van der Waals surface area contributed by atoms with Gasteiger partial charge in [0.05, 0.1) is 6.07 Å². The zero-order valence-corrected chi connectivity index (χ0v) is 12.8. The first kappa shape index (κ1) is 14.8. The standard InChI is InChI=1S/C20H22N2/c21-16-20(17-9-3-1-4-10-17,18-11-5-2-6-12-18)19-13-7-8-14-22-15-19/h1-6,9-12,19,22H,7-8,13-15H2. The van der Waals surface area contributed by atoms with Gasteiger partial charge in [-0.2, -0.15) is 5.26 Å². The molecule has 1 aliphatic heterocycles. The van der Waals surface area contributed by atoms with E-state index >= 15 is 0 Å². The van der Waals surface area contributed by atoms with Crippen LogP contribution in [0.25, 0.3) is 0 Å². The molecule has 0 saturated carbocycles. The number of nitrogens with one attached hydrogen (secondary N) is 1. The highest BCUT2D eigenvalue weighted by Gasteiger charge is 2.42. The van der Waals surface area contributed by atoms with E-state index in [0.717, 1.165) is 30.6 Å². The molecule has 1 atom stereocenters. The monoisotopic (exact) mass is 290 g/mol. The quantitative estimate of drug-likeness (QED) is 0.931. The van der Waals surface area contributed by atoms with Crippen LogP contribution in [0.1, 0.15) is 30.4 Å². The second-order valence-electron chi connectivity index (χ2n) is 6.05. The summed E-state index contributed by atoms with van der Waals surface area (Å²) in [5.74, 6) is 0.296. The Bertz CT molecular complexity index is 580. The van der Waals surface area contributed by atoms with Crippen molar-refractivity contribution in [1.29, 1.82) is 5.26 Å². The number of nitriles is 1. The average molecular weight is 290 g/mol. The second kappa shape index (κ2) is 6.77. The van der Waals surface area contributed by atoms with E-state index in [-0.39, 0.29) is 0 Å². The van der Waals surface area contributed by atoms with Gasteiger partial charge >= 0.3 is 0 Å². The van der Waals surface area contributed by atoms with E-state index in [9.17, 15) is 5.26 Å². The molecule has 1 N–H and O–H groups in total. The molecule has 112 valence electrons. The molecule has 0 spiro atoms. The van der Waals surface area contributed by atoms with E-state index in [1.165, 1.54) is 12.8 Å². The first-order valence-electron chi connectivity index (χ1n) is 8.11. The minimum absolute atomic E-state index is 0.296. The number of hydrogen-bond donors (Lipinski definition) is 1. The van der Waals surface area contributed by atoms with Crippen molar-refractivity contribution in [2.45, 2.75) is 24.7 Å². The van der Waals surface area contributed by atoms with Crippen LogP contribution in [0.4, 0.5) is 0 Å². The zero-order chi connectivity index (χ0) is 15.3. The molecule has 2 nitrogen and oxygen atoms in total. The van der Waals surface area contributed by atoms with Crippen molar-refractivity contribution in [1.82, 2.24) is 5.32 Å². The molecule has 2 aromatic carbocycles. The lowest BCUT2D eigenvalue weighted by Crippen LogP contribution is -2.40. The summed E-state index contributed by atoms with van der Waals surface area (Å²) in [6, 6.07) is 23.3. The molecule has 1 unspecified atom stereocenters. The van der Waals surface area contributed by atoms with Gasteiger partial charge in [-0.05, 0) is 36.4 Å². The number of benzene rings is 2. The van der Waals surface area contributed by atoms with Gasteiger partial charge in [0.2, 0.25) is 0 Å². The van der Waals surface area contributed by atoms with Crippen LogP contribution < -0.4 is 5.32 Å². The third kappa shape index (κ3) is 2.65. The SMILES string of the molecule is N#CC(c1ccccc1)(c1ccccc1)C1CCCCNC1. The highest BCUT2D eigenvalue weighted by Crippen LogP contribution is 2.41. The van der Waals surface area contributed by atoms with Crippen molar-refractivity contribution >= 4 is 0 Å². The maximum atomic E-state index is 10.2. The molecule has 0 aromatic heterocycles. The highest BCUT2D eigenvalue weighted by molar-refractivity contribution is 5.47. The molecule has 2 heteroatoms. The molecule has 1 heterocycles. The molecule has 1 aliphatic rings. The minimum Gasteiger partial charge on any atom is -0.316 e. The van der Waals surface area contributed by atoms with Crippen LogP contribution in [0.15, 0.2) is 60.7 Å². The Hall–Kier alpha value is -2.11. The van der Waals surface area contributed by atoms with E-state index in [1.54, 1.807) is 0 Å². The predicted octanol–water partition coefficient (Wildman–Crippen LogP) is 3.89. The van der Waals surface area contributed by atoms with Crippen molar-refractivity contribution < 1.29 is 0 Å². The topological polar surface area (TPSA) is 35.8 Å². The van der Waals surface area contributed by atoms with Crippen LogP contribution in [-0.2, 0) is 5.41 Å². The number of rotatable bonds is 3. The Kier molecular flexibility index (Phi) is 4.56. The van der Waals surface area contributed by atoms with Gasteiger partial charge in [0, 0.05) is 6.54 Å². The van der Waals surface area contributed by atoms with Crippen LogP contribution in [0.2, 0.25) is 0 Å². The summed E-state index contributed by atoms with van der Waals surface area (Å²) in [6.07, 6.45) is 3.46. The van der Waals surface area contributed by atoms with Gasteiger partial charge < -0.3 is 5.32 Å². The summed E-state index contributed by atoms with van der Waals surface area (Å²) >= 11 is 0. The van der Waals surface area contributed by atoms with Crippen LogP contribution in [0.5, 0.6) is 0 Å². The smallest absolute Gasteiger partial charge is 0.111 e. The normalized spacial score (nSPS) is 19.1. The average Bonchev–Trinajstić information content (AvgIpc) is 2.88. The van der Waals surface area contributed by atoms with Crippen LogP contribution in [-0.4, -0.2) is 13.1 Å². The summed E-state index contributed by atoms with van der Waals surface area (Å²) < 4.78 is 0. The summed E-state index contributed by atoms with van der Waals surface area (Å²) in [5, 5.41) is 13.8. The third-order valence-corrected chi connectivity index (χ3v) is 4.79. The van der Waals surface area contributed by atoms with Gasteiger partial charge in [0.25, 0.3) is 0 Å². The van der Waals surface area contributed by atoms with Gasteiger partial charge in [0.1, 0.15) is 5.41 Å². The van der Waals surface area contributed by atoms with Gasteiger partial charge in [-0.25, -0.2) is 0 Å². The van der Waals surface area contributed by atoms with E-state index in [0.29, 0.717) is 5.92 Å². The van der Waals surface area contributed by atoms with E-state index in [2.05, 4.69) is 35.7 Å². The molecule has 2 aromatic rings. The Morgan fingerprint density at radius 2 is 1.50 bits per heavy atom. The fourth-order valence-electron chi connectivity index (χ4n) is 3.65. The Morgan fingerprint density at radius 3 is 2.05 bits per heavy atom. The molecular weight excluding hydrogens is 268 g/mol. The first-order chi connectivity index (χ1) is 10.9. The molecule has 22 heavy (non-hydrogen) atoms. The van der Waals surface area contributed by atoms with Gasteiger partial charge in [-0.3, -0.25) is 0 Å². The molecule has 0 amide bonds. The van der Waals surface area contributed by atoms with Crippen molar-refractivity contribution in [3.8, 4) is 6.07 Å². The molecule has 1 saturated heterocycles. The predicted molar refractivity (Wildman–Crippen MR) is 89.5 cm³/mol. The van der Waals surface area contributed by atoms with Gasteiger partial charge in [-0.15, -0.1) is 0 Å². The third-order valence-electron chi connectivity index (χ3n) is 4.79. The molecule has 1 fully saturated rings. The second-order valence-corrected chi connectivity index (χ2v) is 6.05. The Balaban J connectivity index is 2.14. The molecule has 0 bridgehead atoms. The largest absolute Gasteiger partial charge is 0.316 e. The molecular formula is C20H22N2. The van der Waals surface area contributed by atoms with Crippen molar-refractivity contribution in [2.24, 2.45) is 5.92 Å². The Morgan fingerprint density at radius 1 is 0.909 bits per heavy atom. The molecule has 0 aliphatic carbocycles. The summed E-state index contributed by atoms with van der Waals surface area (Å²) in [7, 11) is 0.